The van der Waals surface area contributed by atoms with Crippen molar-refractivity contribution < 1.29 is 22.4 Å². The summed E-state index contributed by atoms with van der Waals surface area (Å²) in [6.07, 6.45) is -4.54. The summed E-state index contributed by atoms with van der Waals surface area (Å²) >= 11 is 0. The molecular formula is C16H17F4N3O. The molecule has 0 bridgehead atoms. The molecular weight excluding hydrogens is 326 g/mol. The summed E-state index contributed by atoms with van der Waals surface area (Å²) in [4.78, 5) is 13.3. The molecule has 0 fully saturated rings. The van der Waals surface area contributed by atoms with Gasteiger partial charge in [0.1, 0.15) is 18.1 Å². The highest BCUT2D eigenvalue weighted by Crippen LogP contribution is 2.20. The van der Waals surface area contributed by atoms with Crippen molar-refractivity contribution >= 4 is 5.91 Å². The van der Waals surface area contributed by atoms with Gasteiger partial charge in [0, 0.05) is 13.1 Å². The van der Waals surface area contributed by atoms with Crippen molar-refractivity contribution in [1.82, 2.24) is 14.7 Å². The maximum absolute atomic E-state index is 12.9. The van der Waals surface area contributed by atoms with Crippen molar-refractivity contribution in [3.05, 3.63) is 53.1 Å². The summed E-state index contributed by atoms with van der Waals surface area (Å²) in [7, 11) is 0. The number of aryl methyl sites for hydroxylation is 2. The molecule has 0 aliphatic heterocycles. The van der Waals surface area contributed by atoms with Gasteiger partial charge < -0.3 is 4.90 Å². The second kappa shape index (κ2) is 7.02. The van der Waals surface area contributed by atoms with Crippen LogP contribution in [0.1, 0.15) is 28.7 Å². The fraction of sp³-hybridized carbons (Fsp3) is 0.375. The zero-order chi connectivity index (χ0) is 17.9. The lowest BCUT2D eigenvalue weighted by molar-refractivity contribution is -0.141. The van der Waals surface area contributed by atoms with Crippen LogP contribution in [0.2, 0.25) is 0 Å². The van der Waals surface area contributed by atoms with Crippen LogP contribution < -0.4 is 0 Å². The normalized spacial score (nSPS) is 11.6. The van der Waals surface area contributed by atoms with Gasteiger partial charge in [-0.1, -0.05) is 12.1 Å². The first-order valence-electron chi connectivity index (χ1n) is 7.34. The van der Waals surface area contributed by atoms with E-state index >= 15 is 0 Å². The summed E-state index contributed by atoms with van der Waals surface area (Å²) < 4.78 is 52.9. The van der Waals surface area contributed by atoms with E-state index in [1.807, 2.05) is 0 Å². The topological polar surface area (TPSA) is 38.1 Å². The predicted octanol–water partition coefficient (Wildman–Crippen LogP) is 3.56. The van der Waals surface area contributed by atoms with Crippen LogP contribution in [0.5, 0.6) is 0 Å². The number of halogens is 4. The van der Waals surface area contributed by atoms with Crippen molar-refractivity contribution in [1.29, 1.82) is 0 Å². The summed E-state index contributed by atoms with van der Waals surface area (Å²) in [6, 6.07) is 6.46. The third-order valence-electron chi connectivity index (χ3n) is 3.36. The van der Waals surface area contributed by atoms with Crippen LogP contribution in [-0.4, -0.2) is 33.3 Å². The Morgan fingerprint density at radius 2 is 1.88 bits per heavy atom. The number of carbonyl (C=O) groups excluding carboxylic acids is 1. The van der Waals surface area contributed by atoms with Crippen LogP contribution in [0.4, 0.5) is 17.6 Å². The number of hydrogen-bond acceptors (Lipinski definition) is 2. The zero-order valence-electron chi connectivity index (χ0n) is 13.3. The molecule has 8 heteroatoms. The quantitative estimate of drug-likeness (QED) is 0.779. The van der Waals surface area contributed by atoms with Gasteiger partial charge in [-0.3, -0.25) is 9.48 Å². The van der Waals surface area contributed by atoms with Crippen LogP contribution in [0.3, 0.4) is 0 Å². The Morgan fingerprint density at radius 1 is 1.25 bits per heavy atom. The molecule has 1 amide bonds. The molecule has 0 atom stereocenters. The number of aromatic nitrogens is 2. The Hall–Kier alpha value is -2.38. The molecule has 1 heterocycles. The Labute approximate surface area is 136 Å². The minimum Gasteiger partial charge on any atom is -0.324 e. The Morgan fingerprint density at radius 3 is 2.42 bits per heavy atom. The van der Waals surface area contributed by atoms with E-state index in [1.54, 1.807) is 13.8 Å². The molecule has 4 nitrogen and oxygen atoms in total. The number of alkyl halides is 3. The maximum atomic E-state index is 12.9. The highest BCUT2D eigenvalue weighted by atomic mass is 19.4. The molecule has 1 aromatic heterocycles. The third-order valence-corrected chi connectivity index (χ3v) is 3.36. The van der Waals surface area contributed by atoms with Crippen LogP contribution in [-0.2, 0) is 13.1 Å². The first-order chi connectivity index (χ1) is 11.2. The third kappa shape index (κ3) is 4.56. The number of carbonyl (C=O) groups is 1. The first-order valence-corrected chi connectivity index (χ1v) is 7.34. The number of hydrogen-bond donors (Lipinski definition) is 0. The van der Waals surface area contributed by atoms with Gasteiger partial charge in [-0.25, -0.2) is 4.39 Å². The predicted molar refractivity (Wildman–Crippen MR) is 79.8 cm³/mol. The Bertz CT molecular complexity index is 707. The van der Waals surface area contributed by atoms with Gasteiger partial charge in [-0.15, -0.1) is 0 Å². The van der Waals surface area contributed by atoms with Crippen molar-refractivity contribution in [2.75, 3.05) is 6.54 Å². The summed E-state index contributed by atoms with van der Waals surface area (Å²) in [5.74, 6) is -1.26. The van der Waals surface area contributed by atoms with Gasteiger partial charge in [0.15, 0.2) is 0 Å². The molecule has 0 saturated heterocycles. The molecule has 2 rings (SSSR count). The summed E-state index contributed by atoms with van der Waals surface area (Å²) in [5, 5.41) is 4.09. The number of rotatable bonds is 5. The van der Waals surface area contributed by atoms with Crippen LogP contribution in [0.15, 0.2) is 30.3 Å². The van der Waals surface area contributed by atoms with E-state index in [-0.39, 0.29) is 12.2 Å². The maximum Gasteiger partial charge on any atom is 0.406 e. The molecule has 24 heavy (non-hydrogen) atoms. The van der Waals surface area contributed by atoms with E-state index in [2.05, 4.69) is 5.10 Å². The van der Waals surface area contributed by atoms with E-state index in [4.69, 9.17) is 0 Å². The van der Waals surface area contributed by atoms with Gasteiger partial charge in [0.2, 0.25) is 0 Å². The van der Waals surface area contributed by atoms with Crippen molar-refractivity contribution in [3.8, 4) is 0 Å². The Kier molecular flexibility index (Phi) is 5.26. The summed E-state index contributed by atoms with van der Waals surface area (Å²) in [6.45, 7) is 2.11. The van der Waals surface area contributed by atoms with Gasteiger partial charge in [-0.05, 0) is 37.6 Å². The van der Waals surface area contributed by atoms with Crippen LogP contribution in [0, 0.1) is 12.7 Å². The van der Waals surface area contributed by atoms with Gasteiger partial charge in [0.05, 0.1) is 5.69 Å². The number of amides is 1. The summed E-state index contributed by atoms with van der Waals surface area (Å²) in [5.41, 5.74) is 1.06. The second-order valence-corrected chi connectivity index (χ2v) is 5.39. The molecule has 0 unspecified atom stereocenters. The first kappa shape index (κ1) is 18.0. The highest BCUT2D eigenvalue weighted by molar-refractivity contribution is 5.92. The lowest BCUT2D eigenvalue weighted by Crippen LogP contribution is -2.39. The van der Waals surface area contributed by atoms with Gasteiger partial charge >= 0.3 is 6.18 Å². The van der Waals surface area contributed by atoms with E-state index < -0.39 is 24.4 Å². The van der Waals surface area contributed by atoms with E-state index in [1.165, 1.54) is 22.9 Å². The van der Waals surface area contributed by atoms with E-state index in [0.29, 0.717) is 22.7 Å². The fourth-order valence-electron chi connectivity index (χ4n) is 2.35. The van der Waals surface area contributed by atoms with Gasteiger partial charge in [-0.2, -0.15) is 18.3 Å². The number of nitrogens with zero attached hydrogens (tertiary/aromatic N) is 3. The van der Waals surface area contributed by atoms with Crippen molar-refractivity contribution in [2.45, 2.75) is 33.1 Å². The van der Waals surface area contributed by atoms with Crippen molar-refractivity contribution in [3.63, 3.8) is 0 Å². The Balaban J connectivity index is 2.30. The minimum atomic E-state index is -4.54. The monoisotopic (exact) mass is 343 g/mol. The van der Waals surface area contributed by atoms with Crippen molar-refractivity contribution in [2.24, 2.45) is 0 Å². The SMILES string of the molecule is CCn1nc(C)cc1C(=O)N(Cc1ccc(F)cc1)CC(F)(F)F. The molecule has 2 aromatic rings. The average Bonchev–Trinajstić information content (AvgIpc) is 2.88. The average molecular weight is 343 g/mol. The second-order valence-electron chi connectivity index (χ2n) is 5.39. The van der Waals surface area contributed by atoms with E-state index in [0.717, 1.165) is 12.1 Å². The van der Waals surface area contributed by atoms with E-state index in [9.17, 15) is 22.4 Å². The lowest BCUT2D eigenvalue weighted by atomic mass is 10.2. The lowest BCUT2D eigenvalue weighted by Gasteiger charge is -2.24. The number of benzene rings is 1. The molecule has 1 aromatic carbocycles. The standard InChI is InChI=1S/C16H17F4N3O/c1-3-23-14(8-11(2)21-23)15(24)22(10-16(18,19)20)9-12-4-6-13(17)7-5-12/h4-8H,3,9-10H2,1-2H3. The van der Waals surface area contributed by atoms with Crippen LogP contribution in [0.25, 0.3) is 0 Å². The van der Waals surface area contributed by atoms with Crippen LogP contribution >= 0.6 is 0 Å². The zero-order valence-corrected chi connectivity index (χ0v) is 13.3. The van der Waals surface area contributed by atoms with Gasteiger partial charge in [0.25, 0.3) is 5.91 Å². The minimum absolute atomic E-state index is 0.0985. The highest BCUT2D eigenvalue weighted by Gasteiger charge is 2.34. The molecule has 0 aliphatic carbocycles. The molecule has 0 saturated carbocycles. The molecule has 0 radical (unpaired) electrons. The fourth-order valence-corrected chi connectivity index (χ4v) is 2.35. The molecule has 0 N–H and O–H groups in total. The smallest absolute Gasteiger partial charge is 0.324 e. The molecule has 0 spiro atoms. The molecule has 130 valence electrons. The molecule has 0 aliphatic rings. The largest absolute Gasteiger partial charge is 0.406 e.